The average molecular weight is 263 g/mol. The second-order valence-corrected chi connectivity index (χ2v) is 6.51. The summed E-state index contributed by atoms with van der Waals surface area (Å²) in [4.78, 5) is 5.75. The first-order valence-corrected chi connectivity index (χ1v) is 7.83. The third-order valence-corrected chi connectivity index (χ3v) is 4.80. The standard InChI is InChI=1S/C14H21N3S/c15-14(6-4-2-1-3-5-7-14)10-12-11-17-8-9-18-13(17)16-12/h8-9,11H,1-7,10,15H2. The van der Waals surface area contributed by atoms with Gasteiger partial charge in [-0.05, 0) is 12.8 Å². The summed E-state index contributed by atoms with van der Waals surface area (Å²) in [6.07, 6.45) is 14.1. The summed E-state index contributed by atoms with van der Waals surface area (Å²) in [5, 5.41) is 2.07. The second kappa shape index (κ2) is 5.02. The molecule has 3 rings (SSSR count). The Morgan fingerprint density at radius 1 is 1.22 bits per heavy atom. The third kappa shape index (κ3) is 2.59. The molecule has 0 saturated heterocycles. The van der Waals surface area contributed by atoms with Gasteiger partial charge in [0.15, 0.2) is 4.96 Å². The summed E-state index contributed by atoms with van der Waals surface area (Å²) in [6.45, 7) is 0. The number of hydrogen-bond donors (Lipinski definition) is 1. The van der Waals surface area contributed by atoms with Crippen molar-refractivity contribution < 1.29 is 0 Å². The van der Waals surface area contributed by atoms with Crippen LogP contribution in [0.2, 0.25) is 0 Å². The maximum Gasteiger partial charge on any atom is 0.193 e. The number of nitrogens with zero attached hydrogens (tertiary/aromatic N) is 2. The molecule has 3 nitrogen and oxygen atoms in total. The van der Waals surface area contributed by atoms with Gasteiger partial charge in [0.05, 0.1) is 5.69 Å². The Hall–Kier alpha value is -0.870. The van der Waals surface area contributed by atoms with E-state index >= 15 is 0 Å². The van der Waals surface area contributed by atoms with Crippen molar-refractivity contribution in [3.8, 4) is 0 Å². The number of thiazole rings is 1. The fraction of sp³-hybridized carbons (Fsp3) is 0.643. The largest absolute Gasteiger partial charge is 0.325 e. The van der Waals surface area contributed by atoms with E-state index in [9.17, 15) is 0 Å². The van der Waals surface area contributed by atoms with E-state index in [1.165, 1.54) is 32.1 Å². The molecule has 0 aliphatic heterocycles. The van der Waals surface area contributed by atoms with Crippen molar-refractivity contribution in [2.45, 2.75) is 56.9 Å². The van der Waals surface area contributed by atoms with Crippen molar-refractivity contribution >= 4 is 16.3 Å². The maximum atomic E-state index is 6.61. The lowest BCUT2D eigenvalue weighted by molar-refractivity contribution is 0.312. The minimum Gasteiger partial charge on any atom is -0.325 e. The summed E-state index contributed by atoms with van der Waals surface area (Å²) in [7, 11) is 0. The highest BCUT2D eigenvalue weighted by molar-refractivity contribution is 7.15. The number of aromatic nitrogens is 2. The molecule has 0 amide bonds. The van der Waals surface area contributed by atoms with Gasteiger partial charge >= 0.3 is 0 Å². The normalized spacial score (nSPS) is 20.7. The third-order valence-electron chi connectivity index (χ3n) is 4.03. The van der Waals surface area contributed by atoms with Crippen molar-refractivity contribution in [3.05, 3.63) is 23.5 Å². The lowest BCUT2D eigenvalue weighted by Crippen LogP contribution is -2.42. The molecule has 1 fully saturated rings. The van der Waals surface area contributed by atoms with Crippen molar-refractivity contribution in [2.24, 2.45) is 5.73 Å². The van der Waals surface area contributed by atoms with Crippen LogP contribution in [0.25, 0.3) is 4.96 Å². The Bertz CT molecular complexity index is 477. The Kier molecular flexibility index (Phi) is 3.39. The van der Waals surface area contributed by atoms with Gasteiger partial charge in [-0.2, -0.15) is 0 Å². The van der Waals surface area contributed by atoms with Gasteiger partial charge in [-0.25, -0.2) is 4.98 Å². The van der Waals surface area contributed by atoms with Gasteiger partial charge in [0.1, 0.15) is 0 Å². The summed E-state index contributed by atoms with van der Waals surface area (Å²) in [6, 6.07) is 0. The quantitative estimate of drug-likeness (QED) is 0.902. The fourth-order valence-electron chi connectivity index (χ4n) is 3.01. The molecule has 0 spiro atoms. The van der Waals surface area contributed by atoms with Gasteiger partial charge in [-0.15, -0.1) is 11.3 Å². The van der Waals surface area contributed by atoms with E-state index in [4.69, 9.17) is 5.73 Å². The number of fused-ring (bicyclic) bond motifs is 1. The van der Waals surface area contributed by atoms with Crippen LogP contribution >= 0.6 is 11.3 Å². The molecule has 2 heterocycles. The number of imidazole rings is 1. The topological polar surface area (TPSA) is 43.3 Å². The van der Waals surface area contributed by atoms with Gasteiger partial charge in [0, 0.05) is 29.7 Å². The van der Waals surface area contributed by atoms with Crippen molar-refractivity contribution in [3.63, 3.8) is 0 Å². The monoisotopic (exact) mass is 263 g/mol. The van der Waals surface area contributed by atoms with Crippen LogP contribution in [-0.4, -0.2) is 14.9 Å². The predicted octanol–water partition coefficient (Wildman–Crippen LogP) is 3.38. The van der Waals surface area contributed by atoms with E-state index in [1.807, 2.05) is 0 Å². The molecule has 1 aliphatic rings. The molecular formula is C14H21N3S. The molecule has 0 bridgehead atoms. The first-order valence-electron chi connectivity index (χ1n) is 6.95. The molecule has 0 atom stereocenters. The van der Waals surface area contributed by atoms with Gasteiger partial charge in [-0.3, -0.25) is 4.40 Å². The fourth-order valence-corrected chi connectivity index (χ4v) is 3.73. The van der Waals surface area contributed by atoms with E-state index < -0.39 is 0 Å². The zero-order chi connectivity index (χ0) is 12.4. The zero-order valence-corrected chi connectivity index (χ0v) is 11.6. The average Bonchev–Trinajstić information content (AvgIpc) is 2.85. The summed E-state index contributed by atoms with van der Waals surface area (Å²) >= 11 is 1.69. The minimum atomic E-state index is -0.0234. The molecule has 98 valence electrons. The molecule has 0 aromatic carbocycles. The van der Waals surface area contributed by atoms with E-state index in [0.29, 0.717) is 0 Å². The first kappa shape index (κ1) is 12.2. The van der Waals surface area contributed by atoms with Crippen LogP contribution in [0, 0.1) is 0 Å². The van der Waals surface area contributed by atoms with Crippen LogP contribution in [0.3, 0.4) is 0 Å². The van der Waals surface area contributed by atoms with Crippen LogP contribution in [0.15, 0.2) is 17.8 Å². The van der Waals surface area contributed by atoms with E-state index in [1.54, 1.807) is 11.3 Å². The van der Waals surface area contributed by atoms with Crippen LogP contribution in [0.1, 0.15) is 50.6 Å². The Morgan fingerprint density at radius 2 is 1.94 bits per heavy atom. The number of nitrogens with two attached hydrogens (primary N) is 1. The summed E-state index contributed by atoms with van der Waals surface area (Å²) < 4.78 is 2.10. The van der Waals surface area contributed by atoms with Crippen LogP contribution in [0.5, 0.6) is 0 Å². The Balaban J connectivity index is 1.74. The summed E-state index contributed by atoms with van der Waals surface area (Å²) in [5.74, 6) is 0. The predicted molar refractivity (Wildman–Crippen MR) is 76.0 cm³/mol. The molecule has 2 aromatic rings. The van der Waals surface area contributed by atoms with Gasteiger partial charge in [-0.1, -0.05) is 32.1 Å². The molecule has 1 aliphatic carbocycles. The molecule has 0 radical (unpaired) electrons. The smallest absolute Gasteiger partial charge is 0.193 e. The minimum absolute atomic E-state index is 0.0234. The van der Waals surface area contributed by atoms with Crippen LogP contribution in [0.4, 0.5) is 0 Å². The molecule has 4 heteroatoms. The SMILES string of the molecule is NC1(Cc2cn3ccsc3n2)CCCCCCC1. The van der Waals surface area contributed by atoms with E-state index in [2.05, 4.69) is 27.2 Å². The van der Waals surface area contributed by atoms with Crippen molar-refractivity contribution in [1.29, 1.82) is 0 Å². The number of hydrogen-bond acceptors (Lipinski definition) is 3. The molecule has 0 unspecified atom stereocenters. The van der Waals surface area contributed by atoms with Crippen molar-refractivity contribution in [2.75, 3.05) is 0 Å². The summed E-state index contributed by atoms with van der Waals surface area (Å²) in [5.41, 5.74) is 7.74. The van der Waals surface area contributed by atoms with Gasteiger partial charge < -0.3 is 5.73 Å². The van der Waals surface area contributed by atoms with Gasteiger partial charge in [0.25, 0.3) is 0 Å². The molecule has 2 aromatic heterocycles. The zero-order valence-electron chi connectivity index (χ0n) is 10.8. The molecular weight excluding hydrogens is 242 g/mol. The molecule has 2 N–H and O–H groups in total. The second-order valence-electron chi connectivity index (χ2n) is 5.63. The number of rotatable bonds is 2. The highest BCUT2D eigenvalue weighted by Crippen LogP contribution is 2.27. The molecule has 18 heavy (non-hydrogen) atoms. The van der Waals surface area contributed by atoms with E-state index in [0.717, 1.165) is 29.9 Å². The lowest BCUT2D eigenvalue weighted by Gasteiger charge is -2.30. The first-order chi connectivity index (χ1) is 8.75. The highest BCUT2D eigenvalue weighted by atomic mass is 32.1. The van der Waals surface area contributed by atoms with Crippen LogP contribution < -0.4 is 5.73 Å². The van der Waals surface area contributed by atoms with Crippen LogP contribution in [-0.2, 0) is 6.42 Å². The lowest BCUT2D eigenvalue weighted by atomic mass is 9.81. The van der Waals surface area contributed by atoms with E-state index in [-0.39, 0.29) is 5.54 Å². The van der Waals surface area contributed by atoms with Crippen molar-refractivity contribution in [1.82, 2.24) is 9.38 Å². The maximum absolute atomic E-state index is 6.61. The Labute approximate surface area is 112 Å². The molecule has 1 saturated carbocycles. The van der Waals surface area contributed by atoms with Gasteiger partial charge in [0.2, 0.25) is 0 Å². The Morgan fingerprint density at radius 3 is 2.67 bits per heavy atom. The highest BCUT2D eigenvalue weighted by Gasteiger charge is 2.26.